The van der Waals surface area contributed by atoms with Crippen LogP contribution in [0.5, 0.6) is 11.5 Å². The van der Waals surface area contributed by atoms with E-state index in [0.717, 1.165) is 6.07 Å². The average Bonchev–Trinajstić information content (AvgIpc) is 2.41. The number of non-ortho nitro benzene ring substituents is 1. The van der Waals surface area contributed by atoms with Crippen molar-refractivity contribution in [3.8, 4) is 11.5 Å². The second-order valence-electron chi connectivity index (χ2n) is 3.78. The lowest BCUT2D eigenvalue weighted by atomic mass is 10.2. The highest BCUT2D eigenvalue weighted by Gasteiger charge is 2.09. The van der Waals surface area contributed by atoms with Crippen molar-refractivity contribution in [3.05, 3.63) is 64.0 Å². The van der Waals surface area contributed by atoms with Gasteiger partial charge in [0.15, 0.2) is 11.6 Å². The second kappa shape index (κ2) is 5.45. The monoisotopic (exact) mass is 263 g/mol. The van der Waals surface area contributed by atoms with Crippen molar-refractivity contribution >= 4 is 5.69 Å². The van der Waals surface area contributed by atoms with E-state index in [9.17, 15) is 14.5 Å². The molecule has 0 aliphatic heterocycles. The Labute approximate surface area is 108 Å². The lowest BCUT2D eigenvalue weighted by Crippen LogP contribution is -1.92. The number of aliphatic hydroxyl groups excluding tert-OH is 1. The van der Waals surface area contributed by atoms with Crippen LogP contribution in [0.25, 0.3) is 0 Å². The number of aliphatic hydroxyl groups is 1. The van der Waals surface area contributed by atoms with Gasteiger partial charge in [-0.1, -0.05) is 12.1 Å². The molecule has 2 rings (SSSR count). The Morgan fingerprint density at radius 2 is 2.05 bits per heavy atom. The van der Waals surface area contributed by atoms with Crippen molar-refractivity contribution in [1.29, 1.82) is 0 Å². The molecule has 0 unspecified atom stereocenters. The average molecular weight is 263 g/mol. The minimum absolute atomic E-state index is 0.0577. The molecule has 0 saturated carbocycles. The highest BCUT2D eigenvalue weighted by atomic mass is 19.1. The van der Waals surface area contributed by atoms with Crippen LogP contribution in [-0.2, 0) is 6.61 Å². The maximum Gasteiger partial charge on any atom is 0.273 e. The number of hydrogen-bond donors (Lipinski definition) is 1. The van der Waals surface area contributed by atoms with E-state index < -0.39 is 10.7 Å². The van der Waals surface area contributed by atoms with Crippen molar-refractivity contribution in [3.63, 3.8) is 0 Å². The van der Waals surface area contributed by atoms with E-state index in [1.54, 1.807) is 0 Å². The van der Waals surface area contributed by atoms with E-state index in [-0.39, 0.29) is 23.8 Å². The second-order valence-corrected chi connectivity index (χ2v) is 3.78. The molecule has 2 aromatic carbocycles. The summed E-state index contributed by atoms with van der Waals surface area (Å²) in [7, 11) is 0. The number of nitro groups is 1. The van der Waals surface area contributed by atoms with Gasteiger partial charge in [0.1, 0.15) is 5.75 Å². The van der Waals surface area contributed by atoms with Crippen LogP contribution in [-0.4, -0.2) is 10.0 Å². The van der Waals surface area contributed by atoms with Gasteiger partial charge in [0.2, 0.25) is 0 Å². The third kappa shape index (κ3) is 3.05. The van der Waals surface area contributed by atoms with Crippen LogP contribution in [0.4, 0.5) is 10.1 Å². The van der Waals surface area contributed by atoms with E-state index in [0.29, 0.717) is 5.56 Å². The van der Waals surface area contributed by atoms with Gasteiger partial charge in [-0.3, -0.25) is 10.1 Å². The van der Waals surface area contributed by atoms with Crippen LogP contribution in [0.15, 0.2) is 42.5 Å². The number of benzene rings is 2. The van der Waals surface area contributed by atoms with Gasteiger partial charge >= 0.3 is 0 Å². The maximum absolute atomic E-state index is 13.6. The molecule has 0 amide bonds. The molecule has 0 aliphatic carbocycles. The van der Waals surface area contributed by atoms with E-state index in [4.69, 9.17) is 9.84 Å². The molecule has 0 heterocycles. The zero-order valence-corrected chi connectivity index (χ0v) is 9.75. The minimum Gasteiger partial charge on any atom is -0.454 e. The van der Waals surface area contributed by atoms with Gasteiger partial charge in [0.05, 0.1) is 17.6 Å². The van der Waals surface area contributed by atoms with Crippen LogP contribution >= 0.6 is 0 Å². The van der Waals surface area contributed by atoms with Gasteiger partial charge in [-0.25, -0.2) is 4.39 Å². The fraction of sp³-hybridized carbons (Fsp3) is 0.0769. The minimum atomic E-state index is -0.641. The third-order valence-corrected chi connectivity index (χ3v) is 2.44. The van der Waals surface area contributed by atoms with Crippen molar-refractivity contribution in [2.45, 2.75) is 6.61 Å². The first-order valence-electron chi connectivity index (χ1n) is 5.42. The van der Waals surface area contributed by atoms with Gasteiger partial charge in [0, 0.05) is 6.07 Å². The van der Waals surface area contributed by atoms with Crippen molar-refractivity contribution in [2.75, 3.05) is 0 Å². The first-order valence-corrected chi connectivity index (χ1v) is 5.42. The molecule has 2 aromatic rings. The number of rotatable bonds is 4. The molecule has 0 saturated heterocycles. The van der Waals surface area contributed by atoms with Gasteiger partial charge in [-0.15, -0.1) is 0 Å². The Kier molecular flexibility index (Phi) is 3.72. The number of ether oxygens (including phenoxy) is 1. The van der Waals surface area contributed by atoms with Crippen molar-refractivity contribution in [1.82, 2.24) is 0 Å². The molecule has 0 aromatic heterocycles. The topological polar surface area (TPSA) is 72.6 Å². The Morgan fingerprint density at radius 3 is 2.68 bits per heavy atom. The molecule has 98 valence electrons. The van der Waals surface area contributed by atoms with Gasteiger partial charge in [0.25, 0.3) is 5.69 Å². The van der Waals surface area contributed by atoms with Gasteiger partial charge in [-0.2, -0.15) is 0 Å². The molecular weight excluding hydrogens is 253 g/mol. The zero-order valence-electron chi connectivity index (χ0n) is 9.75. The summed E-state index contributed by atoms with van der Waals surface area (Å²) in [5, 5.41) is 19.5. The fourth-order valence-electron chi connectivity index (χ4n) is 1.51. The van der Waals surface area contributed by atoms with Crippen molar-refractivity contribution < 1.29 is 19.2 Å². The number of hydrogen-bond acceptors (Lipinski definition) is 4. The summed E-state index contributed by atoms with van der Waals surface area (Å²) < 4.78 is 18.9. The van der Waals surface area contributed by atoms with E-state index in [2.05, 4.69) is 0 Å². The third-order valence-electron chi connectivity index (χ3n) is 2.44. The summed E-state index contributed by atoms with van der Waals surface area (Å²) in [5.41, 5.74) is 0.286. The molecule has 19 heavy (non-hydrogen) atoms. The molecule has 1 N–H and O–H groups in total. The molecule has 0 atom stereocenters. The maximum atomic E-state index is 13.6. The molecule has 0 spiro atoms. The van der Waals surface area contributed by atoms with E-state index >= 15 is 0 Å². The Hall–Kier alpha value is -2.47. The highest BCUT2D eigenvalue weighted by molar-refractivity contribution is 5.41. The van der Waals surface area contributed by atoms with Crippen LogP contribution in [0.1, 0.15) is 5.56 Å². The first-order chi connectivity index (χ1) is 9.10. The number of nitrogens with zero attached hydrogens (tertiary/aromatic N) is 1. The van der Waals surface area contributed by atoms with Crippen LogP contribution in [0, 0.1) is 15.9 Å². The largest absolute Gasteiger partial charge is 0.454 e. The summed E-state index contributed by atoms with van der Waals surface area (Å²) in [5.74, 6) is -0.527. The number of halogens is 1. The Bertz CT molecular complexity index is 615. The first kappa shape index (κ1) is 13.0. The molecule has 0 fully saturated rings. The van der Waals surface area contributed by atoms with Gasteiger partial charge in [-0.05, 0) is 23.8 Å². The Morgan fingerprint density at radius 1 is 1.26 bits per heavy atom. The van der Waals surface area contributed by atoms with Crippen LogP contribution < -0.4 is 4.74 Å². The zero-order chi connectivity index (χ0) is 13.8. The predicted octanol–water partition coefficient (Wildman–Crippen LogP) is 3.02. The summed E-state index contributed by atoms with van der Waals surface area (Å²) >= 11 is 0. The molecule has 0 radical (unpaired) electrons. The van der Waals surface area contributed by atoms with E-state index in [1.807, 2.05) is 0 Å². The van der Waals surface area contributed by atoms with Crippen molar-refractivity contribution in [2.24, 2.45) is 0 Å². The molecule has 5 nitrogen and oxygen atoms in total. The molecule has 0 bridgehead atoms. The highest BCUT2D eigenvalue weighted by Crippen LogP contribution is 2.27. The number of nitro benzene ring substituents is 1. The van der Waals surface area contributed by atoms with Crippen LogP contribution in [0.3, 0.4) is 0 Å². The van der Waals surface area contributed by atoms with Crippen LogP contribution in [0.2, 0.25) is 0 Å². The van der Waals surface area contributed by atoms with Gasteiger partial charge < -0.3 is 9.84 Å². The molecular formula is C13H10FNO4. The molecule has 0 aliphatic rings. The predicted molar refractivity (Wildman–Crippen MR) is 65.5 cm³/mol. The summed E-state index contributed by atoms with van der Waals surface area (Å²) in [6.07, 6.45) is 0. The Balaban J connectivity index is 2.26. The summed E-state index contributed by atoms with van der Waals surface area (Å²) in [4.78, 5) is 10.0. The van der Waals surface area contributed by atoms with E-state index in [1.165, 1.54) is 36.4 Å². The lowest BCUT2D eigenvalue weighted by Gasteiger charge is -2.07. The fourth-order valence-corrected chi connectivity index (χ4v) is 1.51. The summed E-state index contributed by atoms with van der Waals surface area (Å²) in [6, 6.07) is 9.49. The standard InChI is InChI=1S/C13H10FNO4/c14-12-6-9(8-16)4-5-13(12)19-11-3-1-2-10(7-11)15(17)18/h1-7,16H,8H2. The SMILES string of the molecule is O=[N+]([O-])c1cccc(Oc2ccc(CO)cc2F)c1. The molecule has 6 heteroatoms. The normalized spacial score (nSPS) is 10.2. The smallest absolute Gasteiger partial charge is 0.273 e. The lowest BCUT2D eigenvalue weighted by molar-refractivity contribution is -0.384. The summed E-state index contributed by atoms with van der Waals surface area (Å²) in [6.45, 7) is -0.270. The quantitative estimate of drug-likeness (QED) is 0.679.